The number of carbonyl (C=O) groups is 1. The summed E-state index contributed by atoms with van der Waals surface area (Å²) in [5, 5.41) is 7.53. The molecular weight excluding hydrogens is 408 g/mol. The fourth-order valence-corrected chi connectivity index (χ4v) is 4.93. The van der Waals surface area contributed by atoms with Gasteiger partial charge in [-0.1, -0.05) is 44.2 Å². The van der Waals surface area contributed by atoms with E-state index in [-0.39, 0.29) is 24.1 Å². The number of nitrogens with one attached hydrogen (secondary N) is 1. The summed E-state index contributed by atoms with van der Waals surface area (Å²) in [4.78, 5) is 27.0. The summed E-state index contributed by atoms with van der Waals surface area (Å²) in [5.41, 5.74) is 2.63. The highest BCUT2D eigenvalue weighted by Gasteiger charge is 2.17. The minimum atomic E-state index is -0.231. The van der Waals surface area contributed by atoms with Crippen LogP contribution in [0.15, 0.2) is 47.3 Å². The van der Waals surface area contributed by atoms with Crippen molar-refractivity contribution in [1.29, 1.82) is 0 Å². The van der Waals surface area contributed by atoms with Crippen molar-refractivity contribution in [1.82, 2.24) is 19.5 Å². The van der Waals surface area contributed by atoms with Crippen LogP contribution in [0.5, 0.6) is 0 Å². The molecule has 0 aliphatic carbocycles. The average molecular weight is 437 g/mol. The summed E-state index contributed by atoms with van der Waals surface area (Å²) < 4.78 is 4.34. The van der Waals surface area contributed by atoms with Crippen LogP contribution < -0.4 is 10.9 Å². The van der Waals surface area contributed by atoms with Crippen molar-refractivity contribution in [3.05, 3.63) is 69.1 Å². The minimum Gasteiger partial charge on any atom is -0.352 e. The van der Waals surface area contributed by atoms with Crippen molar-refractivity contribution in [2.75, 3.05) is 0 Å². The van der Waals surface area contributed by atoms with E-state index in [4.69, 9.17) is 0 Å². The lowest BCUT2D eigenvalue weighted by Crippen LogP contribution is -2.39. The Balaban J connectivity index is 1.51. The third-order valence-electron chi connectivity index (χ3n) is 5.56. The summed E-state index contributed by atoms with van der Waals surface area (Å²) in [6.07, 6.45) is 3.38. The van der Waals surface area contributed by atoms with Crippen LogP contribution in [0.2, 0.25) is 0 Å². The quantitative estimate of drug-likeness (QED) is 0.454. The van der Waals surface area contributed by atoms with E-state index in [2.05, 4.69) is 35.5 Å². The highest BCUT2D eigenvalue weighted by atomic mass is 32.1. The molecule has 1 aromatic carbocycles. The van der Waals surface area contributed by atoms with Crippen molar-refractivity contribution in [2.45, 2.75) is 59.0 Å². The average Bonchev–Trinajstić information content (AvgIpc) is 3.33. The fraction of sp³-hybridized carbons (Fsp3) is 0.375. The maximum atomic E-state index is 13.1. The van der Waals surface area contributed by atoms with Gasteiger partial charge in [-0.25, -0.2) is 4.68 Å². The molecular formula is C24H28N4O2S. The van der Waals surface area contributed by atoms with Crippen LogP contribution in [0.4, 0.5) is 0 Å². The largest absolute Gasteiger partial charge is 0.352 e. The van der Waals surface area contributed by atoms with Gasteiger partial charge in [0.25, 0.3) is 5.56 Å². The van der Waals surface area contributed by atoms with E-state index in [1.165, 1.54) is 15.1 Å². The van der Waals surface area contributed by atoms with Gasteiger partial charge < -0.3 is 5.32 Å². The van der Waals surface area contributed by atoms with Crippen LogP contribution in [-0.4, -0.2) is 26.1 Å². The van der Waals surface area contributed by atoms with Gasteiger partial charge in [0.05, 0.1) is 10.2 Å². The van der Waals surface area contributed by atoms with E-state index >= 15 is 0 Å². The van der Waals surface area contributed by atoms with E-state index in [0.29, 0.717) is 11.9 Å². The molecule has 31 heavy (non-hydrogen) atoms. The number of fused-ring (bicyclic) bond motifs is 3. The second-order valence-corrected chi connectivity index (χ2v) is 9.07. The normalized spacial score (nSPS) is 12.5. The lowest BCUT2D eigenvalue weighted by Gasteiger charge is -2.15. The molecule has 162 valence electrons. The monoisotopic (exact) mass is 436 g/mol. The number of rotatable bonds is 8. The summed E-state index contributed by atoms with van der Waals surface area (Å²) in [5.74, 6) is 0.596. The second-order valence-electron chi connectivity index (χ2n) is 7.91. The zero-order chi connectivity index (χ0) is 22.0. The molecule has 3 aromatic heterocycles. The zero-order valence-corrected chi connectivity index (χ0v) is 19.0. The molecule has 0 spiro atoms. The predicted molar refractivity (Wildman–Crippen MR) is 126 cm³/mol. The number of nitrogens with zero attached hydrogens (tertiary/aromatic N) is 3. The molecule has 4 rings (SSSR count). The van der Waals surface area contributed by atoms with Crippen LogP contribution in [0.1, 0.15) is 43.5 Å². The Morgan fingerprint density at radius 3 is 2.61 bits per heavy atom. The molecule has 0 saturated heterocycles. The molecule has 3 heterocycles. The van der Waals surface area contributed by atoms with Crippen LogP contribution >= 0.6 is 11.3 Å². The molecule has 6 nitrogen and oxygen atoms in total. The van der Waals surface area contributed by atoms with E-state index in [1.807, 2.05) is 42.5 Å². The van der Waals surface area contributed by atoms with Gasteiger partial charge in [0.2, 0.25) is 5.91 Å². The van der Waals surface area contributed by atoms with Gasteiger partial charge in [-0.3, -0.25) is 14.0 Å². The maximum absolute atomic E-state index is 13.1. The number of amides is 1. The topological polar surface area (TPSA) is 68.4 Å². The lowest BCUT2D eigenvalue weighted by atomic mass is 10.1. The second kappa shape index (κ2) is 9.06. The van der Waals surface area contributed by atoms with Crippen molar-refractivity contribution >= 4 is 33.0 Å². The highest BCUT2D eigenvalue weighted by Crippen LogP contribution is 2.29. The molecule has 0 fully saturated rings. The first-order chi connectivity index (χ1) is 15.0. The Labute approximate surface area is 185 Å². The zero-order valence-electron chi connectivity index (χ0n) is 18.2. The summed E-state index contributed by atoms with van der Waals surface area (Å²) in [6, 6.07) is 14.3. The lowest BCUT2D eigenvalue weighted by molar-refractivity contribution is -0.122. The van der Waals surface area contributed by atoms with E-state index < -0.39 is 0 Å². The fourth-order valence-electron chi connectivity index (χ4n) is 3.91. The minimum absolute atomic E-state index is 0.0175. The van der Waals surface area contributed by atoms with E-state index in [9.17, 15) is 9.59 Å². The third kappa shape index (κ3) is 4.42. The molecule has 7 heteroatoms. The number of aryl methyl sites for hydroxylation is 3. The molecule has 4 aromatic rings. The van der Waals surface area contributed by atoms with E-state index in [1.54, 1.807) is 11.3 Å². The van der Waals surface area contributed by atoms with Gasteiger partial charge in [-0.15, -0.1) is 11.3 Å². The van der Waals surface area contributed by atoms with Gasteiger partial charge in [-0.05, 0) is 43.9 Å². The molecule has 0 bridgehead atoms. The Kier molecular flexibility index (Phi) is 6.23. The summed E-state index contributed by atoms with van der Waals surface area (Å²) >= 11 is 1.71. The summed E-state index contributed by atoms with van der Waals surface area (Å²) in [6.45, 7) is 6.06. The van der Waals surface area contributed by atoms with Crippen molar-refractivity contribution in [3.8, 4) is 0 Å². The number of aromatic nitrogens is 3. The van der Waals surface area contributed by atoms with Gasteiger partial charge >= 0.3 is 0 Å². The van der Waals surface area contributed by atoms with Crippen LogP contribution in [0, 0.1) is 0 Å². The summed E-state index contributed by atoms with van der Waals surface area (Å²) in [7, 11) is 0. The molecule has 0 aliphatic heterocycles. The number of thiophene rings is 1. The Morgan fingerprint density at radius 1 is 1.13 bits per heavy atom. The van der Waals surface area contributed by atoms with Crippen molar-refractivity contribution < 1.29 is 4.79 Å². The number of hydrogen-bond donors (Lipinski definition) is 1. The maximum Gasteiger partial charge on any atom is 0.291 e. The molecule has 0 saturated carbocycles. The van der Waals surface area contributed by atoms with Crippen LogP contribution in [0.25, 0.3) is 15.7 Å². The molecule has 1 N–H and O–H groups in total. The molecule has 0 unspecified atom stereocenters. The third-order valence-corrected chi connectivity index (χ3v) is 6.78. The van der Waals surface area contributed by atoms with Crippen molar-refractivity contribution in [3.63, 3.8) is 0 Å². The standard InChI is InChI=1S/C24H28N4O2S/c1-4-18-13-19-21(31-18)14-20-24(30)27(26-22(5-2)28(19)20)15-23(29)25-16(3)11-12-17-9-7-6-8-10-17/h6-10,13-14,16H,4-5,11-12,15H2,1-3H3,(H,25,29)/t16-/m1/s1. The molecule has 1 amide bonds. The molecule has 0 radical (unpaired) electrons. The number of benzene rings is 1. The highest BCUT2D eigenvalue weighted by molar-refractivity contribution is 7.19. The first kappa shape index (κ1) is 21.3. The Bertz CT molecular complexity index is 1270. The van der Waals surface area contributed by atoms with Gasteiger partial charge in [-0.2, -0.15) is 5.10 Å². The van der Waals surface area contributed by atoms with Crippen molar-refractivity contribution in [2.24, 2.45) is 0 Å². The smallest absolute Gasteiger partial charge is 0.291 e. The first-order valence-corrected chi connectivity index (χ1v) is 11.7. The van der Waals surface area contributed by atoms with Crippen LogP contribution in [0.3, 0.4) is 0 Å². The molecule has 1 atom stereocenters. The molecule has 0 aliphatic rings. The Morgan fingerprint density at radius 2 is 1.90 bits per heavy atom. The number of carbonyl (C=O) groups excluding carboxylic acids is 1. The predicted octanol–water partition coefficient (Wildman–Crippen LogP) is 3.97. The number of hydrogen-bond acceptors (Lipinski definition) is 4. The van der Waals surface area contributed by atoms with Gasteiger partial charge in [0.15, 0.2) is 0 Å². The van der Waals surface area contributed by atoms with Gasteiger partial charge in [0, 0.05) is 17.3 Å². The van der Waals surface area contributed by atoms with Crippen LogP contribution in [-0.2, 0) is 30.6 Å². The van der Waals surface area contributed by atoms with E-state index in [0.717, 1.165) is 35.3 Å². The Hall–Kier alpha value is -2.93. The van der Waals surface area contributed by atoms with Gasteiger partial charge in [0.1, 0.15) is 17.9 Å². The SMILES string of the molecule is CCc1cc2c(cc3c(=O)n(CC(=O)N[C@H](C)CCc4ccccc4)nc(CC)n32)s1. The first-order valence-electron chi connectivity index (χ1n) is 10.9.